The molecule has 2 aliphatic heterocycles. The number of carbonyl (C=O) groups is 1. The molecule has 158 valence electrons. The summed E-state index contributed by atoms with van der Waals surface area (Å²) in [6.45, 7) is 2.26. The normalized spacial score (nSPS) is 19.6. The quantitative estimate of drug-likeness (QED) is 0.704. The highest BCUT2D eigenvalue weighted by molar-refractivity contribution is 7.89. The van der Waals surface area contributed by atoms with Crippen LogP contribution in [0.5, 0.6) is 5.75 Å². The average molecular weight is 434 g/mol. The molecule has 28 heavy (non-hydrogen) atoms. The molecule has 2 aliphatic rings. The summed E-state index contributed by atoms with van der Waals surface area (Å²) in [7, 11) is -2.19. The van der Waals surface area contributed by atoms with Gasteiger partial charge in [-0.2, -0.15) is 4.31 Å². The predicted octanol–water partition coefficient (Wildman–Crippen LogP) is 1.59. The van der Waals surface area contributed by atoms with Crippen LogP contribution < -0.4 is 15.8 Å². The molecule has 0 spiro atoms. The largest absolute Gasteiger partial charge is 0.495 e. The molecule has 1 amide bonds. The van der Waals surface area contributed by atoms with Gasteiger partial charge < -0.3 is 20.5 Å². The first-order valence-corrected chi connectivity index (χ1v) is 10.7. The van der Waals surface area contributed by atoms with E-state index in [9.17, 15) is 13.2 Å². The molecule has 2 heterocycles. The minimum absolute atomic E-state index is 0. The van der Waals surface area contributed by atoms with Crippen molar-refractivity contribution >= 4 is 34.0 Å². The molecule has 1 aromatic carbocycles. The molecule has 0 aliphatic carbocycles. The van der Waals surface area contributed by atoms with E-state index in [0.717, 1.165) is 25.7 Å². The number of sulfonamides is 1. The first-order chi connectivity index (χ1) is 12.9. The minimum Gasteiger partial charge on any atom is -0.495 e. The Labute approximate surface area is 172 Å². The van der Waals surface area contributed by atoms with Crippen molar-refractivity contribution in [2.75, 3.05) is 38.7 Å². The van der Waals surface area contributed by atoms with E-state index in [1.54, 1.807) is 6.07 Å². The lowest BCUT2D eigenvalue weighted by Gasteiger charge is -2.26. The minimum atomic E-state index is -3.60. The van der Waals surface area contributed by atoms with Crippen LogP contribution in [0.25, 0.3) is 0 Å². The van der Waals surface area contributed by atoms with Crippen LogP contribution in [-0.2, 0) is 19.6 Å². The van der Waals surface area contributed by atoms with E-state index in [2.05, 4.69) is 5.32 Å². The summed E-state index contributed by atoms with van der Waals surface area (Å²) in [6, 6.07) is 3.94. The molecule has 10 heteroatoms. The molecule has 0 radical (unpaired) electrons. The first kappa shape index (κ1) is 22.9. The summed E-state index contributed by atoms with van der Waals surface area (Å²) >= 11 is 0. The van der Waals surface area contributed by atoms with E-state index in [1.165, 1.54) is 23.5 Å². The number of hydrogen-bond acceptors (Lipinski definition) is 6. The summed E-state index contributed by atoms with van der Waals surface area (Å²) < 4.78 is 37.6. The number of carbonyl (C=O) groups excluding carboxylic acids is 1. The van der Waals surface area contributed by atoms with Gasteiger partial charge in [-0.25, -0.2) is 8.42 Å². The number of benzene rings is 1. The van der Waals surface area contributed by atoms with Crippen molar-refractivity contribution in [1.82, 2.24) is 4.31 Å². The number of amides is 1. The highest BCUT2D eigenvalue weighted by Gasteiger charge is 2.31. The molecule has 1 aromatic rings. The smallest absolute Gasteiger partial charge is 0.246 e. The fourth-order valence-electron chi connectivity index (χ4n) is 3.54. The van der Waals surface area contributed by atoms with Crippen LogP contribution >= 0.6 is 12.4 Å². The van der Waals surface area contributed by atoms with Gasteiger partial charge in [0.05, 0.1) is 13.2 Å². The van der Waals surface area contributed by atoms with Gasteiger partial charge in [-0.3, -0.25) is 4.79 Å². The number of methoxy groups -OCH3 is 1. The van der Waals surface area contributed by atoms with Gasteiger partial charge in [-0.05, 0) is 43.7 Å². The number of hydrogen-bond donors (Lipinski definition) is 2. The maximum absolute atomic E-state index is 12.8. The number of nitrogens with one attached hydrogen (secondary N) is 1. The number of rotatable bonds is 6. The van der Waals surface area contributed by atoms with E-state index < -0.39 is 16.1 Å². The maximum Gasteiger partial charge on any atom is 0.246 e. The molecule has 3 N–H and O–H groups in total. The standard InChI is InChI=1S/C18H27N3O5S.ClH/c1-25-15-12-14(20-18(22)17(19)13-6-10-26-11-7-13)4-5-16(15)27(23,24)21-8-2-3-9-21;/h4-5,12-13,17H,2-3,6-11,19H2,1H3,(H,20,22);1H. The Bertz CT molecular complexity index is 777. The molecule has 1 atom stereocenters. The van der Waals surface area contributed by atoms with Crippen LogP contribution in [0.1, 0.15) is 25.7 Å². The summed E-state index contributed by atoms with van der Waals surface area (Å²) in [5.74, 6) is -0.00564. The lowest BCUT2D eigenvalue weighted by molar-refractivity contribution is -0.119. The van der Waals surface area contributed by atoms with Crippen molar-refractivity contribution in [3.8, 4) is 5.75 Å². The second kappa shape index (κ2) is 9.89. The predicted molar refractivity (Wildman–Crippen MR) is 108 cm³/mol. The van der Waals surface area contributed by atoms with Crippen LogP contribution in [0, 0.1) is 5.92 Å². The SMILES string of the molecule is COc1cc(NC(=O)C(N)C2CCOCC2)ccc1S(=O)(=O)N1CCCC1.Cl. The van der Waals surface area contributed by atoms with E-state index in [-0.39, 0.29) is 34.9 Å². The summed E-state index contributed by atoms with van der Waals surface area (Å²) in [4.78, 5) is 12.6. The molecule has 0 aromatic heterocycles. The van der Waals surface area contributed by atoms with Crippen molar-refractivity contribution in [3.63, 3.8) is 0 Å². The van der Waals surface area contributed by atoms with Gasteiger partial charge in [-0.15, -0.1) is 12.4 Å². The van der Waals surface area contributed by atoms with Crippen LogP contribution in [0.3, 0.4) is 0 Å². The van der Waals surface area contributed by atoms with Crippen LogP contribution in [0.2, 0.25) is 0 Å². The van der Waals surface area contributed by atoms with Crippen molar-refractivity contribution in [2.45, 2.75) is 36.6 Å². The van der Waals surface area contributed by atoms with Crippen LogP contribution in [0.15, 0.2) is 23.1 Å². The number of ether oxygens (including phenoxy) is 2. The van der Waals surface area contributed by atoms with E-state index in [0.29, 0.717) is 32.0 Å². The Kier molecular flexibility index (Phi) is 8.08. The Morgan fingerprint density at radius 1 is 1.29 bits per heavy atom. The lowest BCUT2D eigenvalue weighted by atomic mass is 9.92. The van der Waals surface area contributed by atoms with Gasteiger partial charge >= 0.3 is 0 Å². The number of nitrogens with zero attached hydrogens (tertiary/aromatic N) is 1. The van der Waals surface area contributed by atoms with Crippen LogP contribution in [-0.4, -0.2) is 58.1 Å². The van der Waals surface area contributed by atoms with Crippen molar-refractivity contribution < 1.29 is 22.7 Å². The fraction of sp³-hybridized carbons (Fsp3) is 0.611. The summed E-state index contributed by atoms with van der Waals surface area (Å²) in [5.41, 5.74) is 6.55. The van der Waals surface area contributed by atoms with Crippen molar-refractivity contribution in [2.24, 2.45) is 11.7 Å². The van der Waals surface area contributed by atoms with Gasteiger partial charge in [0.25, 0.3) is 0 Å². The Morgan fingerprint density at radius 3 is 2.54 bits per heavy atom. The number of nitrogens with two attached hydrogens (primary N) is 1. The molecule has 0 bridgehead atoms. The molecule has 2 fully saturated rings. The van der Waals surface area contributed by atoms with Gasteiger partial charge in [0, 0.05) is 38.1 Å². The molecule has 1 unspecified atom stereocenters. The third-order valence-corrected chi connectivity index (χ3v) is 7.13. The third-order valence-electron chi connectivity index (χ3n) is 5.19. The van der Waals surface area contributed by atoms with E-state index in [4.69, 9.17) is 15.2 Å². The van der Waals surface area contributed by atoms with E-state index in [1.807, 2.05) is 0 Å². The molecular formula is C18H28ClN3O5S. The first-order valence-electron chi connectivity index (χ1n) is 9.26. The molecule has 0 saturated carbocycles. The Morgan fingerprint density at radius 2 is 1.93 bits per heavy atom. The van der Waals surface area contributed by atoms with Gasteiger partial charge in [0.1, 0.15) is 10.6 Å². The fourth-order valence-corrected chi connectivity index (χ4v) is 5.19. The van der Waals surface area contributed by atoms with Crippen LogP contribution in [0.4, 0.5) is 5.69 Å². The summed E-state index contributed by atoms with van der Waals surface area (Å²) in [5, 5.41) is 2.77. The summed E-state index contributed by atoms with van der Waals surface area (Å²) in [6.07, 6.45) is 3.23. The van der Waals surface area contributed by atoms with Gasteiger partial charge in [0.2, 0.25) is 15.9 Å². The van der Waals surface area contributed by atoms with Crippen molar-refractivity contribution in [1.29, 1.82) is 0 Å². The highest BCUT2D eigenvalue weighted by atomic mass is 35.5. The second-order valence-corrected chi connectivity index (χ2v) is 8.85. The zero-order valence-electron chi connectivity index (χ0n) is 15.9. The molecule has 8 nitrogen and oxygen atoms in total. The number of anilines is 1. The lowest BCUT2D eigenvalue weighted by Crippen LogP contribution is -2.44. The van der Waals surface area contributed by atoms with E-state index >= 15 is 0 Å². The average Bonchev–Trinajstić information content (AvgIpc) is 3.23. The number of halogens is 1. The Balaban J connectivity index is 0.00000280. The monoisotopic (exact) mass is 433 g/mol. The van der Waals surface area contributed by atoms with Gasteiger partial charge in [-0.1, -0.05) is 0 Å². The third kappa shape index (κ3) is 4.96. The zero-order valence-corrected chi connectivity index (χ0v) is 17.6. The topological polar surface area (TPSA) is 111 Å². The second-order valence-electron chi connectivity index (χ2n) is 6.94. The molecular weight excluding hydrogens is 406 g/mol. The molecule has 2 saturated heterocycles. The molecule has 3 rings (SSSR count). The van der Waals surface area contributed by atoms with Crippen molar-refractivity contribution in [3.05, 3.63) is 18.2 Å². The highest BCUT2D eigenvalue weighted by Crippen LogP contribution is 2.31. The zero-order chi connectivity index (χ0) is 19.4. The van der Waals surface area contributed by atoms with Gasteiger partial charge in [0.15, 0.2) is 0 Å². The maximum atomic E-state index is 12.8. The Hall–Kier alpha value is -1.39.